The highest BCUT2D eigenvalue weighted by atomic mass is 32.1. The highest BCUT2D eigenvalue weighted by Crippen LogP contribution is 2.26. The van der Waals surface area contributed by atoms with Crippen molar-refractivity contribution in [2.45, 2.75) is 45.1 Å². The summed E-state index contributed by atoms with van der Waals surface area (Å²) in [6.45, 7) is 2.21. The summed E-state index contributed by atoms with van der Waals surface area (Å²) in [4.78, 5) is 29.3. The van der Waals surface area contributed by atoms with E-state index >= 15 is 0 Å². The van der Waals surface area contributed by atoms with E-state index < -0.39 is 0 Å². The number of fused-ring (bicyclic) bond motifs is 1. The third-order valence-corrected chi connectivity index (χ3v) is 5.12. The maximum Gasteiger partial charge on any atom is 0.271 e. The predicted molar refractivity (Wildman–Crippen MR) is 82.8 cm³/mol. The van der Waals surface area contributed by atoms with E-state index in [2.05, 4.69) is 17.2 Å². The van der Waals surface area contributed by atoms with E-state index in [9.17, 15) is 9.59 Å². The van der Waals surface area contributed by atoms with Crippen LogP contribution in [0.5, 0.6) is 0 Å². The van der Waals surface area contributed by atoms with Crippen LogP contribution in [0.15, 0.2) is 22.6 Å². The lowest BCUT2D eigenvalue weighted by Gasteiger charge is -2.28. The Kier molecular flexibility index (Phi) is 4.05. The van der Waals surface area contributed by atoms with Gasteiger partial charge in [-0.3, -0.25) is 14.0 Å². The Balaban J connectivity index is 1.72. The summed E-state index contributed by atoms with van der Waals surface area (Å²) in [6, 6.07) is 0.183. The van der Waals surface area contributed by atoms with Crippen LogP contribution < -0.4 is 10.9 Å². The van der Waals surface area contributed by atoms with Crippen LogP contribution in [0.3, 0.4) is 0 Å². The maximum atomic E-state index is 12.3. The number of nitrogens with zero attached hydrogens (tertiary/aromatic N) is 2. The van der Waals surface area contributed by atoms with Crippen molar-refractivity contribution in [1.29, 1.82) is 0 Å². The van der Waals surface area contributed by atoms with Crippen LogP contribution in [0.2, 0.25) is 0 Å². The second-order valence-corrected chi connectivity index (χ2v) is 6.50. The normalized spacial score (nSPS) is 22.3. The molecule has 1 fully saturated rings. The fraction of sp³-hybridized carbons (Fsp3) is 0.533. The van der Waals surface area contributed by atoms with Gasteiger partial charge in [0.2, 0.25) is 0 Å². The Morgan fingerprint density at radius 2 is 2.19 bits per heavy atom. The van der Waals surface area contributed by atoms with Gasteiger partial charge in [-0.15, -0.1) is 11.3 Å². The molecule has 0 aromatic carbocycles. The molecule has 0 aliphatic heterocycles. The Bertz CT molecular complexity index is 698. The highest BCUT2D eigenvalue weighted by molar-refractivity contribution is 7.15. The third kappa shape index (κ3) is 2.85. The zero-order valence-electron chi connectivity index (χ0n) is 12.0. The number of carbonyl (C=O) groups excluding carboxylic acids is 1. The van der Waals surface area contributed by atoms with Gasteiger partial charge in [-0.25, -0.2) is 4.98 Å². The van der Waals surface area contributed by atoms with Crippen LogP contribution in [0, 0.1) is 5.92 Å². The van der Waals surface area contributed by atoms with Crippen LogP contribution in [-0.2, 0) is 0 Å². The quantitative estimate of drug-likeness (QED) is 0.947. The molecule has 1 N–H and O–H groups in total. The van der Waals surface area contributed by atoms with E-state index in [0.717, 1.165) is 31.6 Å². The molecule has 1 amide bonds. The smallest absolute Gasteiger partial charge is 0.271 e. The van der Waals surface area contributed by atoms with Gasteiger partial charge in [0.15, 0.2) is 4.96 Å². The molecule has 112 valence electrons. The molecule has 2 aromatic rings. The summed E-state index contributed by atoms with van der Waals surface area (Å²) >= 11 is 1.38. The summed E-state index contributed by atoms with van der Waals surface area (Å²) < 4.78 is 1.42. The number of aromatic nitrogens is 2. The van der Waals surface area contributed by atoms with Crippen LogP contribution in [0.25, 0.3) is 4.96 Å². The van der Waals surface area contributed by atoms with E-state index in [4.69, 9.17) is 0 Å². The molecule has 0 saturated heterocycles. The third-order valence-electron chi connectivity index (χ3n) is 4.35. The molecular weight excluding hydrogens is 286 g/mol. The summed E-state index contributed by atoms with van der Waals surface area (Å²) in [7, 11) is 0. The van der Waals surface area contributed by atoms with E-state index in [1.807, 2.05) is 0 Å². The van der Waals surface area contributed by atoms with Crippen molar-refractivity contribution in [1.82, 2.24) is 14.7 Å². The Labute approximate surface area is 127 Å². The average Bonchev–Trinajstić information content (AvgIpc) is 2.98. The zero-order valence-corrected chi connectivity index (χ0v) is 12.9. The van der Waals surface area contributed by atoms with E-state index in [-0.39, 0.29) is 23.1 Å². The Hall–Kier alpha value is -1.69. The first-order chi connectivity index (χ1) is 10.2. The molecule has 1 saturated carbocycles. The fourth-order valence-corrected chi connectivity index (χ4v) is 3.63. The summed E-state index contributed by atoms with van der Waals surface area (Å²) in [5.74, 6) is 0.487. The second kappa shape index (κ2) is 5.97. The van der Waals surface area contributed by atoms with Gasteiger partial charge in [0, 0.05) is 23.8 Å². The number of amides is 1. The van der Waals surface area contributed by atoms with Gasteiger partial charge < -0.3 is 5.32 Å². The van der Waals surface area contributed by atoms with E-state index in [0.29, 0.717) is 4.96 Å². The van der Waals surface area contributed by atoms with Gasteiger partial charge in [0.25, 0.3) is 11.5 Å². The molecule has 5 nitrogen and oxygen atoms in total. The standard InChI is InChI=1S/C15H19N3O2S/c1-2-10-3-5-11(6-4-10)17-13(19)12-9-16-15-18(14(12)20)7-8-21-15/h7-11H,2-6H2,1H3,(H,17,19). The molecule has 3 rings (SSSR count). The van der Waals surface area contributed by atoms with Crippen molar-refractivity contribution < 1.29 is 4.79 Å². The van der Waals surface area contributed by atoms with Gasteiger partial charge in [0.1, 0.15) is 5.56 Å². The van der Waals surface area contributed by atoms with Gasteiger partial charge in [-0.1, -0.05) is 13.3 Å². The van der Waals surface area contributed by atoms with Gasteiger partial charge in [-0.05, 0) is 31.6 Å². The fourth-order valence-electron chi connectivity index (χ4n) is 2.96. The molecule has 2 aromatic heterocycles. The van der Waals surface area contributed by atoms with Crippen LogP contribution in [0.1, 0.15) is 49.4 Å². The van der Waals surface area contributed by atoms with Gasteiger partial charge >= 0.3 is 0 Å². The molecule has 0 atom stereocenters. The summed E-state index contributed by atoms with van der Waals surface area (Å²) in [5.41, 5.74) is -0.162. The van der Waals surface area contributed by atoms with E-state index in [1.54, 1.807) is 11.6 Å². The first-order valence-corrected chi connectivity index (χ1v) is 8.32. The topological polar surface area (TPSA) is 63.5 Å². The molecule has 1 aliphatic carbocycles. The molecule has 6 heteroatoms. The number of thiazole rings is 1. The van der Waals surface area contributed by atoms with Crippen molar-refractivity contribution >= 4 is 22.2 Å². The van der Waals surface area contributed by atoms with Gasteiger partial charge in [-0.2, -0.15) is 0 Å². The molecule has 21 heavy (non-hydrogen) atoms. The van der Waals surface area contributed by atoms with Crippen LogP contribution in [0.4, 0.5) is 0 Å². The lowest BCUT2D eigenvalue weighted by Crippen LogP contribution is -2.40. The molecule has 0 bridgehead atoms. The minimum Gasteiger partial charge on any atom is -0.349 e. The number of carbonyl (C=O) groups is 1. The molecule has 2 heterocycles. The number of rotatable bonds is 3. The largest absolute Gasteiger partial charge is 0.349 e. The minimum absolute atomic E-state index is 0.128. The van der Waals surface area contributed by atoms with Crippen LogP contribution in [-0.4, -0.2) is 21.3 Å². The zero-order chi connectivity index (χ0) is 14.8. The first-order valence-electron chi connectivity index (χ1n) is 7.44. The van der Waals surface area contributed by atoms with Crippen LogP contribution >= 0.6 is 11.3 Å². The number of hydrogen-bond acceptors (Lipinski definition) is 4. The van der Waals surface area contributed by atoms with Crippen molar-refractivity contribution in [3.63, 3.8) is 0 Å². The number of nitrogens with one attached hydrogen (secondary N) is 1. The highest BCUT2D eigenvalue weighted by Gasteiger charge is 2.23. The van der Waals surface area contributed by atoms with E-state index in [1.165, 1.54) is 28.4 Å². The molecular formula is C15H19N3O2S. The molecule has 0 radical (unpaired) electrons. The van der Waals surface area contributed by atoms with Crippen molar-refractivity contribution in [2.24, 2.45) is 5.92 Å². The second-order valence-electron chi connectivity index (χ2n) is 5.63. The summed E-state index contributed by atoms with van der Waals surface area (Å²) in [5, 5.41) is 4.78. The number of hydrogen-bond donors (Lipinski definition) is 1. The van der Waals surface area contributed by atoms with Crippen molar-refractivity contribution in [3.05, 3.63) is 33.7 Å². The molecule has 0 unspecified atom stereocenters. The van der Waals surface area contributed by atoms with Gasteiger partial charge in [0.05, 0.1) is 0 Å². The minimum atomic E-state index is -0.298. The first kappa shape index (κ1) is 14.3. The summed E-state index contributed by atoms with van der Waals surface area (Å²) in [6.07, 6.45) is 8.56. The average molecular weight is 305 g/mol. The maximum absolute atomic E-state index is 12.3. The lowest BCUT2D eigenvalue weighted by molar-refractivity contribution is 0.0919. The van der Waals surface area contributed by atoms with Crippen molar-refractivity contribution in [2.75, 3.05) is 0 Å². The Morgan fingerprint density at radius 3 is 2.90 bits per heavy atom. The lowest BCUT2D eigenvalue weighted by atomic mass is 9.84. The predicted octanol–water partition coefficient (Wildman–Crippen LogP) is 2.45. The SMILES string of the molecule is CCC1CCC(NC(=O)c2cnc3sccn3c2=O)CC1. The molecule has 1 aliphatic rings. The van der Waals surface area contributed by atoms with Crippen molar-refractivity contribution in [3.8, 4) is 0 Å². The molecule has 0 spiro atoms. The Morgan fingerprint density at radius 1 is 1.43 bits per heavy atom. The monoisotopic (exact) mass is 305 g/mol.